The molecule has 0 aliphatic carbocycles. The van der Waals surface area contributed by atoms with Crippen LogP contribution in [0.2, 0.25) is 0 Å². The van der Waals surface area contributed by atoms with E-state index in [1.54, 1.807) is 12.1 Å². The van der Waals surface area contributed by atoms with Gasteiger partial charge in [-0.2, -0.15) is 5.26 Å². The van der Waals surface area contributed by atoms with Crippen LogP contribution in [0.15, 0.2) is 48.5 Å². The number of hydrogen-bond donors (Lipinski definition) is 2. The fourth-order valence-electron chi connectivity index (χ4n) is 2.11. The van der Waals surface area contributed by atoms with E-state index in [0.717, 1.165) is 11.1 Å². The summed E-state index contributed by atoms with van der Waals surface area (Å²) in [6.45, 7) is 1.83. The minimum Gasteiger partial charge on any atom is -0.324 e. The highest BCUT2D eigenvalue weighted by atomic mass is 16.2. The zero-order valence-corrected chi connectivity index (χ0v) is 11.8. The lowest BCUT2D eigenvalue weighted by molar-refractivity contribution is -0.117. The van der Waals surface area contributed by atoms with Gasteiger partial charge < -0.3 is 11.1 Å². The molecule has 106 valence electrons. The van der Waals surface area contributed by atoms with Crippen molar-refractivity contribution in [3.63, 3.8) is 0 Å². The van der Waals surface area contributed by atoms with Crippen LogP contribution in [0.5, 0.6) is 0 Å². The van der Waals surface area contributed by atoms with E-state index in [1.807, 2.05) is 43.3 Å². The van der Waals surface area contributed by atoms with E-state index >= 15 is 0 Å². The van der Waals surface area contributed by atoms with E-state index in [9.17, 15) is 4.79 Å². The SMILES string of the molecule is Cc1cccc(NC(=O)[C@@H](N)Cc2ccccc2)c1C#N. The van der Waals surface area contributed by atoms with Crippen molar-refractivity contribution in [3.05, 3.63) is 65.2 Å². The fourth-order valence-corrected chi connectivity index (χ4v) is 2.11. The predicted octanol–water partition coefficient (Wildman–Crippen LogP) is 2.38. The van der Waals surface area contributed by atoms with E-state index in [0.29, 0.717) is 17.7 Å². The van der Waals surface area contributed by atoms with Crippen LogP contribution in [0.25, 0.3) is 0 Å². The molecule has 21 heavy (non-hydrogen) atoms. The summed E-state index contributed by atoms with van der Waals surface area (Å²) in [7, 11) is 0. The average molecular weight is 279 g/mol. The number of carbonyl (C=O) groups is 1. The molecule has 0 unspecified atom stereocenters. The molecule has 2 rings (SSSR count). The molecule has 1 amide bonds. The molecule has 0 radical (unpaired) electrons. The third-order valence-corrected chi connectivity index (χ3v) is 3.28. The van der Waals surface area contributed by atoms with Gasteiger partial charge in [-0.05, 0) is 30.5 Å². The Labute approximate surface area is 124 Å². The number of benzene rings is 2. The number of nitrogens with two attached hydrogens (primary N) is 1. The largest absolute Gasteiger partial charge is 0.324 e. The average Bonchev–Trinajstić information content (AvgIpc) is 2.48. The number of aryl methyl sites for hydroxylation is 1. The molecule has 0 aliphatic rings. The van der Waals surface area contributed by atoms with Gasteiger partial charge in [0.2, 0.25) is 5.91 Å². The first kappa shape index (κ1) is 14.8. The number of anilines is 1. The van der Waals surface area contributed by atoms with Crippen molar-refractivity contribution in [2.24, 2.45) is 5.73 Å². The van der Waals surface area contributed by atoms with E-state index in [1.165, 1.54) is 0 Å². The zero-order valence-electron chi connectivity index (χ0n) is 11.8. The molecule has 0 saturated heterocycles. The fraction of sp³-hybridized carbons (Fsp3) is 0.176. The number of nitrogens with one attached hydrogen (secondary N) is 1. The monoisotopic (exact) mass is 279 g/mol. The first-order valence-electron chi connectivity index (χ1n) is 6.72. The highest BCUT2D eigenvalue weighted by molar-refractivity contribution is 5.96. The summed E-state index contributed by atoms with van der Waals surface area (Å²) in [5.41, 5.74) is 8.74. The zero-order chi connectivity index (χ0) is 15.2. The van der Waals surface area contributed by atoms with Crippen molar-refractivity contribution in [3.8, 4) is 6.07 Å². The summed E-state index contributed by atoms with van der Waals surface area (Å²) in [5, 5.41) is 11.9. The van der Waals surface area contributed by atoms with Gasteiger partial charge in [0, 0.05) is 0 Å². The summed E-state index contributed by atoms with van der Waals surface area (Å²) >= 11 is 0. The Hall–Kier alpha value is -2.64. The normalized spacial score (nSPS) is 11.5. The van der Waals surface area contributed by atoms with Crippen molar-refractivity contribution in [1.82, 2.24) is 0 Å². The second-order valence-electron chi connectivity index (χ2n) is 4.89. The van der Waals surface area contributed by atoms with Gasteiger partial charge in [-0.3, -0.25) is 4.79 Å². The van der Waals surface area contributed by atoms with E-state index in [2.05, 4.69) is 11.4 Å². The maximum Gasteiger partial charge on any atom is 0.241 e. The maximum absolute atomic E-state index is 12.2. The Morgan fingerprint density at radius 2 is 1.95 bits per heavy atom. The van der Waals surface area contributed by atoms with Crippen molar-refractivity contribution in [2.45, 2.75) is 19.4 Å². The second kappa shape index (κ2) is 6.69. The lowest BCUT2D eigenvalue weighted by Crippen LogP contribution is -2.37. The molecule has 1 atom stereocenters. The topological polar surface area (TPSA) is 78.9 Å². The third kappa shape index (κ3) is 3.68. The van der Waals surface area contributed by atoms with Crippen molar-refractivity contribution in [2.75, 3.05) is 5.32 Å². The molecule has 0 saturated carbocycles. The van der Waals surface area contributed by atoms with Gasteiger partial charge in [0.05, 0.1) is 17.3 Å². The quantitative estimate of drug-likeness (QED) is 0.901. The first-order chi connectivity index (χ1) is 10.1. The molecular weight excluding hydrogens is 262 g/mol. The highest BCUT2D eigenvalue weighted by Gasteiger charge is 2.16. The molecule has 0 heterocycles. The standard InChI is InChI=1S/C17H17N3O/c1-12-6-5-9-16(14(12)11-18)20-17(21)15(19)10-13-7-3-2-4-8-13/h2-9,15H,10,19H2,1H3,(H,20,21)/t15-/m0/s1. The Morgan fingerprint density at radius 3 is 2.62 bits per heavy atom. The molecule has 0 aliphatic heterocycles. The number of nitriles is 1. The molecule has 4 nitrogen and oxygen atoms in total. The van der Waals surface area contributed by atoms with Gasteiger partial charge in [-0.25, -0.2) is 0 Å². The minimum absolute atomic E-state index is 0.291. The van der Waals surface area contributed by atoms with Crippen LogP contribution >= 0.6 is 0 Å². The molecule has 0 spiro atoms. The molecule has 0 bridgehead atoms. The van der Waals surface area contributed by atoms with Crippen LogP contribution in [0.1, 0.15) is 16.7 Å². The van der Waals surface area contributed by atoms with Gasteiger partial charge in [-0.1, -0.05) is 42.5 Å². The minimum atomic E-state index is -0.653. The summed E-state index contributed by atoms with van der Waals surface area (Å²) in [6, 6.07) is 16.4. The van der Waals surface area contributed by atoms with Gasteiger partial charge in [0.25, 0.3) is 0 Å². The maximum atomic E-state index is 12.2. The van der Waals surface area contributed by atoms with E-state index < -0.39 is 6.04 Å². The van der Waals surface area contributed by atoms with Crippen LogP contribution in [0.4, 0.5) is 5.69 Å². The number of hydrogen-bond acceptors (Lipinski definition) is 3. The van der Waals surface area contributed by atoms with E-state index in [-0.39, 0.29) is 5.91 Å². The van der Waals surface area contributed by atoms with Gasteiger partial charge in [0.1, 0.15) is 6.07 Å². The first-order valence-corrected chi connectivity index (χ1v) is 6.72. The molecule has 2 aromatic carbocycles. The van der Waals surface area contributed by atoms with Gasteiger partial charge in [-0.15, -0.1) is 0 Å². The Balaban J connectivity index is 2.08. The summed E-state index contributed by atoms with van der Waals surface area (Å²) in [6.07, 6.45) is 0.459. The van der Waals surface area contributed by atoms with Gasteiger partial charge >= 0.3 is 0 Å². The van der Waals surface area contributed by atoms with Crippen LogP contribution in [-0.2, 0) is 11.2 Å². The van der Waals surface area contributed by atoms with E-state index in [4.69, 9.17) is 11.0 Å². The van der Waals surface area contributed by atoms with Crippen LogP contribution < -0.4 is 11.1 Å². The molecule has 3 N–H and O–H groups in total. The lowest BCUT2D eigenvalue weighted by atomic mass is 10.0. The molecule has 4 heteroatoms. The van der Waals surface area contributed by atoms with Crippen LogP contribution in [-0.4, -0.2) is 11.9 Å². The number of rotatable bonds is 4. The second-order valence-corrected chi connectivity index (χ2v) is 4.89. The Kier molecular flexibility index (Phi) is 4.70. The highest BCUT2D eigenvalue weighted by Crippen LogP contribution is 2.18. The Morgan fingerprint density at radius 1 is 1.24 bits per heavy atom. The van der Waals surface area contributed by atoms with Crippen LogP contribution in [0, 0.1) is 18.3 Å². The number of amides is 1. The number of carbonyl (C=O) groups excluding carboxylic acids is 1. The van der Waals surface area contributed by atoms with Crippen molar-refractivity contribution >= 4 is 11.6 Å². The predicted molar refractivity (Wildman–Crippen MR) is 82.6 cm³/mol. The molecule has 2 aromatic rings. The lowest BCUT2D eigenvalue weighted by Gasteiger charge is -2.14. The van der Waals surface area contributed by atoms with Crippen LogP contribution in [0.3, 0.4) is 0 Å². The number of nitrogens with zero attached hydrogens (tertiary/aromatic N) is 1. The third-order valence-electron chi connectivity index (χ3n) is 3.28. The molecule has 0 fully saturated rings. The molecular formula is C17H17N3O. The molecule has 0 aromatic heterocycles. The Bertz CT molecular complexity index is 674. The summed E-state index contributed by atoms with van der Waals surface area (Å²) in [5.74, 6) is -0.291. The summed E-state index contributed by atoms with van der Waals surface area (Å²) in [4.78, 5) is 12.2. The smallest absolute Gasteiger partial charge is 0.241 e. The summed E-state index contributed by atoms with van der Waals surface area (Å²) < 4.78 is 0. The van der Waals surface area contributed by atoms with Crippen molar-refractivity contribution < 1.29 is 4.79 Å². The van der Waals surface area contributed by atoms with Crippen molar-refractivity contribution in [1.29, 1.82) is 5.26 Å². The van der Waals surface area contributed by atoms with Gasteiger partial charge in [0.15, 0.2) is 0 Å².